The molecule has 0 spiro atoms. The van der Waals surface area contributed by atoms with Crippen LogP contribution in [-0.4, -0.2) is 11.9 Å². The highest BCUT2D eigenvalue weighted by Gasteiger charge is 2.13. The smallest absolute Gasteiger partial charge is 0.344 e. The number of hydrogen-bond acceptors (Lipinski definition) is 3. The molecule has 108 valence electrons. The van der Waals surface area contributed by atoms with E-state index in [2.05, 4.69) is 0 Å². The summed E-state index contributed by atoms with van der Waals surface area (Å²) in [6.45, 7) is 0. The summed E-state index contributed by atoms with van der Waals surface area (Å²) in [5.74, 6) is -0.754. The number of carbonyl (C=O) groups excluding carboxylic acids is 2. The number of esters is 1. The monoisotopic (exact) mass is 291 g/mol. The molecular weight excluding hydrogens is 278 g/mol. The van der Waals surface area contributed by atoms with E-state index in [1.165, 1.54) is 6.07 Å². The number of ether oxygens (including phenoxy) is 1. The van der Waals surface area contributed by atoms with E-state index >= 15 is 0 Å². The molecule has 0 fully saturated rings. The largest absolute Gasteiger partial charge is 0.423 e. The summed E-state index contributed by atoms with van der Waals surface area (Å²) in [6, 6.07) is 19.3. The molecule has 1 amide bonds. The highest BCUT2D eigenvalue weighted by molar-refractivity contribution is 6.05. The minimum atomic E-state index is -0.567. The molecule has 0 aliphatic carbocycles. The van der Waals surface area contributed by atoms with Crippen LogP contribution in [0.4, 0.5) is 0 Å². The van der Waals surface area contributed by atoms with Crippen LogP contribution in [0.15, 0.2) is 66.7 Å². The molecule has 22 heavy (non-hydrogen) atoms. The van der Waals surface area contributed by atoms with Gasteiger partial charge in [-0.25, -0.2) is 4.79 Å². The molecular formula is C18H13NO3. The first-order valence-corrected chi connectivity index (χ1v) is 6.75. The van der Waals surface area contributed by atoms with Crippen molar-refractivity contribution in [2.45, 2.75) is 0 Å². The van der Waals surface area contributed by atoms with Crippen molar-refractivity contribution >= 4 is 22.6 Å². The average molecular weight is 291 g/mol. The lowest BCUT2D eigenvalue weighted by atomic mass is 10.0. The van der Waals surface area contributed by atoms with E-state index in [0.29, 0.717) is 11.1 Å². The summed E-state index contributed by atoms with van der Waals surface area (Å²) in [5, 5.41) is 1.78. The van der Waals surface area contributed by atoms with Gasteiger partial charge in [0.2, 0.25) is 5.91 Å². The number of benzene rings is 3. The van der Waals surface area contributed by atoms with E-state index in [9.17, 15) is 9.59 Å². The molecule has 0 atom stereocenters. The summed E-state index contributed by atoms with van der Waals surface area (Å²) in [5.41, 5.74) is 5.99. The molecule has 0 aliphatic rings. The second-order valence-corrected chi connectivity index (χ2v) is 4.81. The quantitative estimate of drug-likeness (QED) is 0.595. The second-order valence-electron chi connectivity index (χ2n) is 4.81. The molecule has 4 nitrogen and oxygen atoms in total. The Labute approximate surface area is 127 Å². The van der Waals surface area contributed by atoms with Crippen molar-refractivity contribution in [1.29, 1.82) is 0 Å². The third kappa shape index (κ3) is 2.67. The summed E-state index contributed by atoms with van der Waals surface area (Å²) >= 11 is 0. The summed E-state index contributed by atoms with van der Waals surface area (Å²) < 4.78 is 5.35. The van der Waals surface area contributed by atoms with Gasteiger partial charge in [-0.1, -0.05) is 42.5 Å². The Bertz CT molecular complexity index is 866. The van der Waals surface area contributed by atoms with Gasteiger partial charge in [-0.3, -0.25) is 4.79 Å². The molecule has 3 aromatic carbocycles. The third-order valence-corrected chi connectivity index (χ3v) is 3.34. The normalized spacial score (nSPS) is 10.4. The van der Waals surface area contributed by atoms with Gasteiger partial charge in [-0.05, 0) is 35.0 Å². The van der Waals surface area contributed by atoms with Gasteiger partial charge in [0.05, 0.1) is 5.56 Å². The molecule has 3 aromatic rings. The van der Waals surface area contributed by atoms with Crippen molar-refractivity contribution < 1.29 is 14.3 Å². The molecule has 0 aromatic heterocycles. The van der Waals surface area contributed by atoms with Crippen LogP contribution >= 0.6 is 0 Å². The molecule has 0 radical (unpaired) electrons. The second kappa shape index (κ2) is 5.69. The zero-order chi connectivity index (χ0) is 15.5. The lowest BCUT2D eigenvalue weighted by Gasteiger charge is -2.08. The molecule has 0 saturated heterocycles. The van der Waals surface area contributed by atoms with Crippen LogP contribution in [0.1, 0.15) is 20.7 Å². The van der Waals surface area contributed by atoms with Crippen molar-refractivity contribution in [2.24, 2.45) is 5.73 Å². The Morgan fingerprint density at radius 1 is 0.864 bits per heavy atom. The van der Waals surface area contributed by atoms with E-state index < -0.39 is 11.9 Å². The fourth-order valence-electron chi connectivity index (χ4n) is 2.28. The molecule has 0 unspecified atom stereocenters. The van der Waals surface area contributed by atoms with Crippen molar-refractivity contribution in [1.82, 2.24) is 0 Å². The Kier molecular flexibility index (Phi) is 3.58. The minimum Gasteiger partial charge on any atom is -0.423 e. The van der Waals surface area contributed by atoms with E-state index in [1.54, 1.807) is 30.3 Å². The third-order valence-electron chi connectivity index (χ3n) is 3.34. The first-order chi connectivity index (χ1) is 10.6. The van der Waals surface area contributed by atoms with Crippen LogP contribution in [0.2, 0.25) is 0 Å². The number of primary amides is 1. The highest BCUT2D eigenvalue weighted by Crippen LogP contribution is 2.21. The number of fused-ring (bicyclic) bond motifs is 1. The highest BCUT2D eigenvalue weighted by atomic mass is 16.5. The van der Waals surface area contributed by atoms with Gasteiger partial charge in [-0.2, -0.15) is 0 Å². The van der Waals surface area contributed by atoms with Crippen molar-refractivity contribution in [3.8, 4) is 5.75 Å². The van der Waals surface area contributed by atoms with Gasteiger partial charge in [-0.15, -0.1) is 0 Å². The van der Waals surface area contributed by atoms with Gasteiger partial charge in [0, 0.05) is 5.56 Å². The zero-order valence-corrected chi connectivity index (χ0v) is 11.7. The van der Waals surface area contributed by atoms with Crippen LogP contribution in [0, 0.1) is 0 Å². The van der Waals surface area contributed by atoms with E-state index in [1.807, 2.05) is 30.3 Å². The molecule has 2 N–H and O–H groups in total. The van der Waals surface area contributed by atoms with Crippen molar-refractivity contribution in [3.05, 3.63) is 77.9 Å². The minimum absolute atomic E-state index is 0.286. The van der Waals surface area contributed by atoms with Crippen LogP contribution in [0.3, 0.4) is 0 Å². The van der Waals surface area contributed by atoms with Crippen molar-refractivity contribution in [2.75, 3.05) is 0 Å². The zero-order valence-electron chi connectivity index (χ0n) is 11.7. The predicted molar refractivity (Wildman–Crippen MR) is 83.9 cm³/mol. The summed E-state index contributed by atoms with van der Waals surface area (Å²) in [7, 11) is 0. The van der Waals surface area contributed by atoms with Crippen LogP contribution < -0.4 is 10.5 Å². The van der Waals surface area contributed by atoms with Crippen LogP contribution in [0.25, 0.3) is 10.8 Å². The fourth-order valence-corrected chi connectivity index (χ4v) is 2.28. The van der Waals surface area contributed by atoms with Gasteiger partial charge in [0.1, 0.15) is 5.75 Å². The number of hydrogen-bond donors (Lipinski definition) is 1. The first-order valence-electron chi connectivity index (χ1n) is 6.75. The van der Waals surface area contributed by atoms with Crippen LogP contribution in [-0.2, 0) is 0 Å². The lowest BCUT2D eigenvalue weighted by molar-refractivity contribution is 0.0735. The Morgan fingerprint density at radius 2 is 1.59 bits per heavy atom. The standard InChI is InChI=1S/C18H13NO3/c19-17(20)13-7-3-8-14(11-13)22-18(21)16-10-4-6-12-5-1-2-9-15(12)16/h1-11H,(H2,19,20). The van der Waals surface area contributed by atoms with Gasteiger partial charge < -0.3 is 10.5 Å². The Hall–Kier alpha value is -3.14. The molecule has 0 aliphatic heterocycles. The van der Waals surface area contributed by atoms with E-state index in [4.69, 9.17) is 10.5 Å². The number of nitrogens with two attached hydrogens (primary N) is 1. The average Bonchev–Trinajstić information content (AvgIpc) is 2.54. The summed E-state index contributed by atoms with van der Waals surface area (Å²) in [4.78, 5) is 23.5. The number of amides is 1. The molecule has 0 heterocycles. The van der Waals surface area contributed by atoms with Gasteiger partial charge in [0.15, 0.2) is 0 Å². The lowest BCUT2D eigenvalue weighted by Crippen LogP contribution is -2.12. The SMILES string of the molecule is NC(=O)c1cccc(OC(=O)c2cccc3ccccc23)c1. The molecule has 4 heteroatoms. The molecule has 0 bridgehead atoms. The topological polar surface area (TPSA) is 69.4 Å². The predicted octanol–water partition coefficient (Wildman–Crippen LogP) is 3.16. The Balaban J connectivity index is 1.94. The maximum Gasteiger partial charge on any atom is 0.344 e. The van der Waals surface area contributed by atoms with Gasteiger partial charge in [0.25, 0.3) is 0 Å². The maximum absolute atomic E-state index is 12.4. The Morgan fingerprint density at radius 3 is 2.41 bits per heavy atom. The fraction of sp³-hybridized carbons (Fsp3) is 0. The first kappa shape index (κ1) is 13.8. The maximum atomic E-state index is 12.4. The van der Waals surface area contributed by atoms with Gasteiger partial charge >= 0.3 is 5.97 Å². The van der Waals surface area contributed by atoms with E-state index in [0.717, 1.165) is 10.8 Å². The summed E-state index contributed by atoms with van der Waals surface area (Å²) in [6.07, 6.45) is 0. The van der Waals surface area contributed by atoms with E-state index in [-0.39, 0.29) is 5.75 Å². The van der Waals surface area contributed by atoms with Crippen LogP contribution in [0.5, 0.6) is 5.75 Å². The number of rotatable bonds is 3. The molecule has 3 rings (SSSR count). The van der Waals surface area contributed by atoms with Crippen molar-refractivity contribution in [3.63, 3.8) is 0 Å². The molecule has 0 saturated carbocycles. The number of carbonyl (C=O) groups is 2.